The quantitative estimate of drug-likeness (QED) is 0.188. The molecule has 0 atom stereocenters. The first-order valence-electron chi connectivity index (χ1n) is 11.0. The molecule has 0 spiro atoms. The van der Waals surface area contributed by atoms with Crippen molar-refractivity contribution in [2.24, 2.45) is 0 Å². The van der Waals surface area contributed by atoms with Crippen molar-refractivity contribution in [3.05, 3.63) is 90.0 Å². The van der Waals surface area contributed by atoms with Crippen molar-refractivity contribution in [2.75, 3.05) is 12.0 Å². The molecule has 1 N–H and O–H groups in total. The molecular formula is C27H21Cl2IN2O5. The SMILES string of the molecule is COc1cc(/C=C2\C(=O)NC(=O)N(c3cc(C)cc(C)c3)C2=O)cc(I)c1OCc1ccc(Cl)cc1Cl. The number of hydrogen-bond donors (Lipinski definition) is 1. The molecule has 37 heavy (non-hydrogen) atoms. The molecule has 7 nitrogen and oxygen atoms in total. The Morgan fingerprint density at radius 1 is 1.00 bits per heavy atom. The van der Waals surface area contributed by atoms with E-state index >= 15 is 0 Å². The lowest BCUT2D eigenvalue weighted by Crippen LogP contribution is -2.54. The summed E-state index contributed by atoms with van der Waals surface area (Å²) in [6.45, 7) is 3.91. The molecule has 190 valence electrons. The average Bonchev–Trinajstić information content (AvgIpc) is 2.81. The molecule has 3 aromatic carbocycles. The molecule has 3 aromatic rings. The zero-order chi connectivity index (χ0) is 26.9. The number of halogens is 3. The van der Waals surface area contributed by atoms with Crippen molar-refractivity contribution in [3.8, 4) is 11.5 Å². The summed E-state index contributed by atoms with van der Waals surface area (Å²) in [5.74, 6) is -0.620. The Labute approximate surface area is 237 Å². The molecule has 0 aromatic heterocycles. The van der Waals surface area contributed by atoms with Gasteiger partial charge < -0.3 is 9.47 Å². The summed E-state index contributed by atoms with van der Waals surface area (Å²) in [6.07, 6.45) is 1.42. The summed E-state index contributed by atoms with van der Waals surface area (Å²) in [5.41, 5.74) is 3.23. The molecule has 1 saturated heterocycles. The number of urea groups is 1. The molecule has 1 fully saturated rings. The van der Waals surface area contributed by atoms with E-state index in [-0.39, 0.29) is 12.2 Å². The van der Waals surface area contributed by atoms with E-state index < -0.39 is 17.8 Å². The number of rotatable bonds is 6. The van der Waals surface area contributed by atoms with Gasteiger partial charge in [0.25, 0.3) is 11.8 Å². The van der Waals surface area contributed by atoms with E-state index in [9.17, 15) is 14.4 Å². The number of nitrogens with zero attached hydrogens (tertiary/aromatic N) is 1. The zero-order valence-corrected chi connectivity index (χ0v) is 23.7. The number of benzene rings is 3. The van der Waals surface area contributed by atoms with E-state index in [4.69, 9.17) is 32.7 Å². The maximum Gasteiger partial charge on any atom is 0.335 e. The lowest BCUT2D eigenvalue weighted by Gasteiger charge is -2.27. The first-order valence-corrected chi connectivity index (χ1v) is 12.8. The van der Waals surface area contributed by atoms with Crippen LogP contribution in [-0.2, 0) is 16.2 Å². The highest BCUT2D eigenvalue weighted by Crippen LogP contribution is 2.36. The van der Waals surface area contributed by atoms with Crippen molar-refractivity contribution < 1.29 is 23.9 Å². The second-order valence-corrected chi connectivity index (χ2v) is 10.4. The van der Waals surface area contributed by atoms with E-state index in [2.05, 4.69) is 27.9 Å². The fourth-order valence-corrected chi connectivity index (χ4v) is 5.13. The highest BCUT2D eigenvalue weighted by molar-refractivity contribution is 14.1. The molecular weight excluding hydrogens is 630 g/mol. The maximum atomic E-state index is 13.3. The van der Waals surface area contributed by atoms with E-state index in [1.807, 2.05) is 19.9 Å². The predicted molar refractivity (Wildman–Crippen MR) is 151 cm³/mol. The van der Waals surface area contributed by atoms with Gasteiger partial charge in [-0.05, 0) is 95.6 Å². The molecule has 1 aliphatic heterocycles. The number of amides is 4. The number of anilines is 1. The Bertz CT molecular complexity index is 1450. The average molecular weight is 651 g/mol. The molecule has 0 unspecified atom stereocenters. The van der Waals surface area contributed by atoms with Crippen molar-refractivity contribution in [2.45, 2.75) is 20.5 Å². The van der Waals surface area contributed by atoms with Gasteiger partial charge in [0.1, 0.15) is 12.2 Å². The van der Waals surface area contributed by atoms with E-state index in [1.165, 1.54) is 13.2 Å². The smallest absolute Gasteiger partial charge is 0.335 e. The third-order valence-corrected chi connectivity index (χ3v) is 6.90. The van der Waals surface area contributed by atoms with Gasteiger partial charge in [-0.15, -0.1) is 0 Å². The summed E-state index contributed by atoms with van der Waals surface area (Å²) in [6, 6.07) is 13.1. The van der Waals surface area contributed by atoms with Crippen LogP contribution in [0.2, 0.25) is 10.0 Å². The Morgan fingerprint density at radius 3 is 2.35 bits per heavy atom. The maximum absolute atomic E-state index is 13.3. The number of methoxy groups -OCH3 is 1. The highest BCUT2D eigenvalue weighted by Gasteiger charge is 2.37. The van der Waals surface area contributed by atoms with Crippen molar-refractivity contribution in [1.82, 2.24) is 5.32 Å². The van der Waals surface area contributed by atoms with Crippen LogP contribution in [0.3, 0.4) is 0 Å². The van der Waals surface area contributed by atoms with Crippen LogP contribution in [-0.4, -0.2) is 25.0 Å². The lowest BCUT2D eigenvalue weighted by atomic mass is 10.0. The first kappa shape index (κ1) is 27.0. The number of barbiturate groups is 1. The van der Waals surface area contributed by atoms with E-state index in [0.29, 0.717) is 36.4 Å². The number of ether oxygens (including phenoxy) is 2. The molecule has 4 amide bonds. The van der Waals surface area contributed by atoms with Gasteiger partial charge in [-0.3, -0.25) is 14.9 Å². The normalized spacial score (nSPS) is 14.7. The lowest BCUT2D eigenvalue weighted by molar-refractivity contribution is -0.122. The highest BCUT2D eigenvalue weighted by atomic mass is 127. The number of hydrogen-bond acceptors (Lipinski definition) is 5. The molecule has 0 bridgehead atoms. The van der Waals surface area contributed by atoms with Crippen LogP contribution in [0.5, 0.6) is 11.5 Å². The van der Waals surface area contributed by atoms with Crippen LogP contribution in [0.4, 0.5) is 10.5 Å². The molecule has 0 radical (unpaired) electrons. The third-order valence-electron chi connectivity index (χ3n) is 5.52. The van der Waals surface area contributed by atoms with Crippen LogP contribution < -0.4 is 19.7 Å². The number of imide groups is 2. The Kier molecular flexibility index (Phi) is 8.11. The Hall–Kier alpha value is -3.08. The van der Waals surface area contributed by atoms with Crippen LogP contribution in [0.1, 0.15) is 22.3 Å². The predicted octanol–water partition coefficient (Wildman–Crippen LogP) is 6.47. The number of aryl methyl sites for hydroxylation is 2. The van der Waals surface area contributed by atoms with Crippen molar-refractivity contribution in [3.63, 3.8) is 0 Å². The van der Waals surface area contributed by atoms with Gasteiger partial charge in [-0.2, -0.15) is 0 Å². The summed E-state index contributed by atoms with van der Waals surface area (Å²) in [4.78, 5) is 39.4. The second kappa shape index (κ2) is 11.1. The summed E-state index contributed by atoms with van der Waals surface area (Å²) in [5, 5.41) is 3.25. The third kappa shape index (κ3) is 5.92. The number of nitrogens with one attached hydrogen (secondary N) is 1. The fraction of sp³-hybridized carbons (Fsp3) is 0.148. The van der Waals surface area contributed by atoms with Gasteiger partial charge >= 0.3 is 6.03 Å². The van der Waals surface area contributed by atoms with Gasteiger partial charge in [0.05, 0.1) is 16.4 Å². The fourth-order valence-electron chi connectivity index (χ4n) is 3.89. The topological polar surface area (TPSA) is 84.9 Å². The number of carbonyl (C=O) groups excluding carboxylic acids is 3. The van der Waals surface area contributed by atoms with Crippen molar-refractivity contribution in [1.29, 1.82) is 0 Å². The minimum atomic E-state index is -0.797. The molecule has 10 heteroatoms. The minimum Gasteiger partial charge on any atom is -0.493 e. The second-order valence-electron chi connectivity index (χ2n) is 8.36. The Balaban J connectivity index is 1.65. The summed E-state index contributed by atoms with van der Waals surface area (Å²) < 4.78 is 12.2. The van der Waals surface area contributed by atoms with Crippen LogP contribution in [0, 0.1) is 17.4 Å². The number of carbonyl (C=O) groups is 3. The zero-order valence-electron chi connectivity index (χ0n) is 20.0. The van der Waals surface area contributed by atoms with Gasteiger partial charge in [0, 0.05) is 15.6 Å². The minimum absolute atomic E-state index is 0.177. The van der Waals surface area contributed by atoms with Gasteiger partial charge in [0.2, 0.25) is 0 Å². The van der Waals surface area contributed by atoms with E-state index in [0.717, 1.165) is 21.6 Å². The summed E-state index contributed by atoms with van der Waals surface area (Å²) >= 11 is 14.3. The molecule has 0 saturated carbocycles. The Morgan fingerprint density at radius 2 is 1.70 bits per heavy atom. The van der Waals surface area contributed by atoms with Crippen LogP contribution >= 0.6 is 45.8 Å². The first-order chi connectivity index (χ1) is 17.6. The standard InChI is InChI=1S/C27H21Cl2IN2O5/c1-14-6-15(2)8-19(7-14)32-26(34)20(25(33)31-27(32)35)9-16-10-22(30)24(23(11-16)36-3)37-13-17-4-5-18(28)12-21(17)29/h4-12H,13H2,1-3H3,(H,31,33,35)/b20-9+. The van der Waals surface area contributed by atoms with Gasteiger partial charge in [0.15, 0.2) is 11.5 Å². The largest absolute Gasteiger partial charge is 0.493 e. The van der Waals surface area contributed by atoms with Crippen LogP contribution in [0.15, 0.2) is 54.1 Å². The van der Waals surface area contributed by atoms with Crippen LogP contribution in [0.25, 0.3) is 6.08 Å². The molecule has 4 rings (SSSR count). The van der Waals surface area contributed by atoms with Gasteiger partial charge in [-0.1, -0.05) is 35.3 Å². The van der Waals surface area contributed by atoms with E-state index in [1.54, 1.807) is 42.5 Å². The molecule has 1 heterocycles. The monoisotopic (exact) mass is 650 g/mol. The summed E-state index contributed by atoms with van der Waals surface area (Å²) in [7, 11) is 1.49. The molecule has 1 aliphatic rings. The van der Waals surface area contributed by atoms with Gasteiger partial charge in [-0.25, -0.2) is 9.69 Å². The molecule has 0 aliphatic carbocycles. The van der Waals surface area contributed by atoms with Crippen molar-refractivity contribution >= 4 is 75.4 Å².